The van der Waals surface area contributed by atoms with Crippen LogP contribution in [0.15, 0.2) is 42.5 Å². The molecule has 0 radical (unpaired) electrons. The minimum Gasteiger partial charge on any atom is -0.493 e. The Bertz CT molecular complexity index is 712. The van der Waals surface area contributed by atoms with E-state index >= 15 is 0 Å². The molecule has 2 aromatic rings. The molecule has 120 valence electrons. The number of ether oxygens (including phenoxy) is 2. The van der Waals surface area contributed by atoms with Crippen LogP contribution in [0.2, 0.25) is 0 Å². The fraction of sp³-hybridized carbons (Fsp3) is 0.235. The molecule has 0 N–H and O–H groups in total. The predicted molar refractivity (Wildman–Crippen MR) is 85.3 cm³/mol. The zero-order chi connectivity index (χ0) is 16.8. The first kappa shape index (κ1) is 16.5. The predicted octanol–water partition coefficient (Wildman–Crippen LogP) is 3.62. The Labute approximate surface area is 133 Å². The van der Waals surface area contributed by atoms with Crippen molar-refractivity contribution in [2.75, 3.05) is 13.2 Å². The summed E-state index contributed by atoms with van der Waals surface area (Å²) in [4.78, 5) is 23.3. The van der Waals surface area contributed by atoms with Crippen molar-refractivity contribution in [3.05, 3.63) is 63.7 Å². The number of nitrogens with zero attached hydrogens (tertiary/aromatic N) is 1. The Balaban J connectivity index is 2.58. The molecule has 0 atom stereocenters. The number of rotatable bonds is 7. The normalized spacial score (nSPS) is 10.2. The summed E-state index contributed by atoms with van der Waals surface area (Å²) >= 11 is 0. The Hall–Kier alpha value is -2.89. The van der Waals surface area contributed by atoms with Gasteiger partial charge in [0.2, 0.25) is 0 Å². The molecule has 0 spiro atoms. The van der Waals surface area contributed by atoms with Gasteiger partial charge in [-0.3, -0.25) is 14.9 Å². The summed E-state index contributed by atoms with van der Waals surface area (Å²) in [5.74, 6) is -0.0401. The molecule has 6 heteroatoms. The molecule has 0 aliphatic carbocycles. The SMILES string of the molecule is CCOc1cc([N+](=O)[O-])c(OCC)cc1C(=O)c1ccccc1. The topological polar surface area (TPSA) is 78.7 Å². The molecule has 23 heavy (non-hydrogen) atoms. The van der Waals surface area contributed by atoms with Gasteiger partial charge in [-0.05, 0) is 13.8 Å². The van der Waals surface area contributed by atoms with E-state index in [1.807, 2.05) is 6.07 Å². The van der Waals surface area contributed by atoms with E-state index in [9.17, 15) is 14.9 Å². The van der Waals surface area contributed by atoms with Crippen molar-refractivity contribution in [1.82, 2.24) is 0 Å². The van der Waals surface area contributed by atoms with Gasteiger partial charge >= 0.3 is 5.69 Å². The highest BCUT2D eigenvalue weighted by Gasteiger charge is 2.24. The van der Waals surface area contributed by atoms with E-state index < -0.39 is 4.92 Å². The highest BCUT2D eigenvalue weighted by atomic mass is 16.6. The average Bonchev–Trinajstić information content (AvgIpc) is 2.56. The molecule has 0 amide bonds. The van der Waals surface area contributed by atoms with Crippen LogP contribution >= 0.6 is 0 Å². The number of ketones is 1. The summed E-state index contributed by atoms with van der Waals surface area (Å²) in [6.45, 7) is 4.02. The standard InChI is InChI=1S/C17H17NO5/c1-3-22-15-11-14(18(20)21)16(23-4-2)10-13(15)17(19)12-8-6-5-7-9-12/h5-11H,3-4H2,1-2H3. The quantitative estimate of drug-likeness (QED) is 0.443. The summed E-state index contributed by atoms with van der Waals surface area (Å²) in [7, 11) is 0. The largest absolute Gasteiger partial charge is 0.493 e. The van der Waals surface area contributed by atoms with Crippen molar-refractivity contribution in [1.29, 1.82) is 0 Å². The molecule has 0 bridgehead atoms. The third kappa shape index (κ3) is 3.66. The zero-order valence-corrected chi connectivity index (χ0v) is 12.9. The van der Waals surface area contributed by atoms with Crippen molar-refractivity contribution >= 4 is 11.5 Å². The zero-order valence-electron chi connectivity index (χ0n) is 12.9. The first-order chi connectivity index (χ1) is 11.1. The van der Waals surface area contributed by atoms with E-state index in [4.69, 9.17) is 9.47 Å². The lowest BCUT2D eigenvalue weighted by Crippen LogP contribution is -2.08. The molecule has 0 aliphatic heterocycles. The van der Waals surface area contributed by atoms with Crippen LogP contribution in [0.4, 0.5) is 5.69 Å². The van der Waals surface area contributed by atoms with Crippen LogP contribution in [-0.4, -0.2) is 23.9 Å². The second-order valence-corrected chi connectivity index (χ2v) is 4.63. The van der Waals surface area contributed by atoms with Gasteiger partial charge < -0.3 is 9.47 Å². The number of nitro groups is 1. The first-order valence-electron chi connectivity index (χ1n) is 7.26. The average molecular weight is 315 g/mol. The number of hydrogen-bond donors (Lipinski definition) is 0. The minimum atomic E-state index is -0.551. The molecule has 0 saturated heterocycles. The van der Waals surface area contributed by atoms with Crippen molar-refractivity contribution in [2.45, 2.75) is 13.8 Å². The van der Waals surface area contributed by atoms with Gasteiger partial charge in [0.05, 0.1) is 29.8 Å². The summed E-state index contributed by atoms with van der Waals surface area (Å²) in [5, 5.41) is 11.2. The third-order valence-electron chi connectivity index (χ3n) is 3.14. The maximum absolute atomic E-state index is 12.7. The fourth-order valence-electron chi connectivity index (χ4n) is 2.16. The number of hydrogen-bond acceptors (Lipinski definition) is 5. The van der Waals surface area contributed by atoms with Crippen molar-refractivity contribution in [3.8, 4) is 11.5 Å². The summed E-state index contributed by atoms with van der Waals surface area (Å²) in [5.41, 5.74) is 0.497. The van der Waals surface area contributed by atoms with Gasteiger partial charge in [-0.15, -0.1) is 0 Å². The van der Waals surface area contributed by atoms with E-state index in [1.54, 1.807) is 38.1 Å². The molecule has 0 fully saturated rings. The Morgan fingerprint density at radius 2 is 1.65 bits per heavy atom. The molecule has 0 aromatic heterocycles. The van der Waals surface area contributed by atoms with Crippen LogP contribution in [0, 0.1) is 10.1 Å². The van der Waals surface area contributed by atoms with E-state index in [0.717, 1.165) is 0 Å². The van der Waals surface area contributed by atoms with Gasteiger partial charge in [0.1, 0.15) is 5.75 Å². The second kappa shape index (κ2) is 7.40. The molecule has 2 aromatic carbocycles. The van der Waals surface area contributed by atoms with Gasteiger partial charge in [0.15, 0.2) is 11.5 Å². The van der Waals surface area contributed by atoms with Gasteiger partial charge in [0, 0.05) is 11.6 Å². The van der Waals surface area contributed by atoms with Gasteiger partial charge in [-0.1, -0.05) is 30.3 Å². The molecule has 0 unspecified atom stereocenters. The van der Waals surface area contributed by atoms with E-state index in [0.29, 0.717) is 12.2 Å². The van der Waals surface area contributed by atoms with Crippen molar-refractivity contribution in [3.63, 3.8) is 0 Å². The highest BCUT2D eigenvalue weighted by Crippen LogP contribution is 2.36. The number of nitro benzene ring substituents is 1. The van der Waals surface area contributed by atoms with Crippen LogP contribution in [0.3, 0.4) is 0 Å². The molecule has 0 heterocycles. The fourth-order valence-corrected chi connectivity index (χ4v) is 2.16. The van der Waals surface area contributed by atoms with E-state index in [2.05, 4.69) is 0 Å². The lowest BCUT2D eigenvalue weighted by Gasteiger charge is -2.12. The highest BCUT2D eigenvalue weighted by molar-refractivity contribution is 6.11. The Morgan fingerprint density at radius 3 is 2.22 bits per heavy atom. The van der Waals surface area contributed by atoms with Crippen LogP contribution in [0.25, 0.3) is 0 Å². The van der Waals surface area contributed by atoms with Gasteiger partial charge in [0.25, 0.3) is 0 Å². The summed E-state index contributed by atoms with van der Waals surface area (Å²) in [6, 6.07) is 11.3. The van der Waals surface area contributed by atoms with Crippen LogP contribution in [0.5, 0.6) is 11.5 Å². The minimum absolute atomic E-state index is 0.0558. The number of carbonyl (C=O) groups excluding carboxylic acids is 1. The molecule has 0 aliphatic rings. The Morgan fingerprint density at radius 1 is 1.04 bits per heavy atom. The summed E-state index contributed by atoms with van der Waals surface area (Å²) < 4.78 is 10.7. The molecular weight excluding hydrogens is 298 g/mol. The second-order valence-electron chi connectivity index (χ2n) is 4.63. The molecule has 2 rings (SSSR count). The number of benzene rings is 2. The lowest BCUT2D eigenvalue weighted by molar-refractivity contribution is -0.385. The van der Waals surface area contributed by atoms with Crippen LogP contribution in [-0.2, 0) is 0 Å². The summed E-state index contributed by atoms with van der Waals surface area (Å²) in [6.07, 6.45) is 0. The lowest BCUT2D eigenvalue weighted by atomic mass is 10.0. The van der Waals surface area contributed by atoms with Crippen molar-refractivity contribution < 1.29 is 19.2 Å². The van der Waals surface area contributed by atoms with Crippen molar-refractivity contribution in [2.24, 2.45) is 0 Å². The molecule has 0 saturated carbocycles. The van der Waals surface area contributed by atoms with Crippen LogP contribution in [0.1, 0.15) is 29.8 Å². The maximum atomic E-state index is 12.7. The molecule has 6 nitrogen and oxygen atoms in total. The first-order valence-corrected chi connectivity index (χ1v) is 7.26. The smallest absolute Gasteiger partial charge is 0.314 e. The van der Waals surface area contributed by atoms with Gasteiger partial charge in [-0.25, -0.2) is 0 Å². The van der Waals surface area contributed by atoms with E-state index in [1.165, 1.54) is 12.1 Å². The van der Waals surface area contributed by atoms with E-state index in [-0.39, 0.29) is 35.1 Å². The Kier molecular flexibility index (Phi) is 5.30. The number of carbonyl (C=O) groups is 1. The maximum Gasteiger partial charge on any atom is 0.314 e. The van der Waals surface area contributed by atoms with Gasteiger partial charge in [-0.2, -0.15) is 0 Å². The van der Waals surface area contributed by atoms with Crippen LogP contribution < -0.4 is 9.47 Å². The molecular formula is C17H17NO5. The monoisotopic (exact) mass is 315 g/mol. The third-order valence-corrected chi connectivity index (χ3v) is 3.14.